The highest BCUT2D eigenvalue weighted by Crippen LogP contribution is 2.37. The third kappa shape index (κ3) is 3.70. The first-order valence-corrected chi connectivity index (χ1v) is 9.23. The van der Waals surface area contributed by atoms with Gasteiger partial charge >= 0.3 is 0 Å². The van der Waals surface area contributed by atoms with E-state index < -0.39 is 0 Å². The van der Waals surface area contributed by atoms with Crippen molar-refractivity contribution in [1.29, 1.82) is 0 Å². The third-order valence-corrected chi connectivity index (χ3v) is 4.79. The van der Waals surface area contributed by atoms with Crippen molar-refractivity contribution in [2.45, 2.75) is 0 Å². The van der Waals surface area contributed by atoms with Gasteiger partial charge < -0.3 is 14.8 Å². The Labute approximate surface area is 172 Å². The van der Waals surface area contributed by atoms with Gasteiger partial charge in [-0.2, -0.15) is 0 Å². The summed E-state index contributed by atoms with van der Waals surface area (Å²) in [5, 5.41) is 3.93. The van der Waals surface area contributed by atoms with E-state index >= 15 is 0 Å². The fourth-order valence-electron chi connectivity index (χ4n) is 2.96. The van der Waals surface area contributed by atoms with Gasteiger partial charge in [-0.25, -0.2) is 0 Å². The van der Waals surface area contributed by atoms with Crippen LogP contribution in [0.3, 0.4) is 0 Å². The molecule has 0 saturated heterocycles. The van der Waals surface area contributed by atoms with E-state index in [1.165, 1.54) is 0 Å². The monoisotopic (exact) mass is 411 g/mol. The number of fused-ring (bicyclic) bond motifs is 1. The second kappa shape index (κ2) is 7.58. The SMILES string of the molecule is COc1ccc(Oc2ccc(Cl)cc2C=C2C(=O)Nc3cc(Cl)ccc32)cc1. The second-order valence-corrected chi connectivity index (χ2v) is 7.03. The lowest BCUT2D eigenvalue weighted by molar-refractivity contribution is -0.110. The van der Waals surface area contributed by atoms with Crippen LogP contribution in [0, 0.1) is 0 Å². The van der Waals surface area contributed by atoms with Crippen LogP contribution in [0.1, 0.15) is 11.1 Å². The number of hydrogen-bond acceptors (Lipinski definition) is 3. The first-order chi connectivity index (χ1) is 13.5. The van der Waals surface area contributed by atoms with Crippen molar-refractivity contribution in [3.8, 4) is 17.2 Å². The number of methoxy groups -OCH3 is 1. The summed E-state index contributed by atoms with van der Waals surface area (Å²) < 4.78 is 11.2. The van der Waals surface area contributed by atoms with Crippen LogP contribution in [0.5, 0.6) is 17.2 Å². The van der Waals surface area contributed by atoms with E-state index in [9.17, 15) is 4.79 Å². The van der Waals surface area contributed by atoms with Crippen LogP contribution in [-0.2, 0) is 4.79 Å². The van der Waals surface area contributed by atoms with Crippen LogP contribution in [0.2, 0.25) is 10.0 Å². The normalized spacial score (nSPS) is 14.0. The Balaban J connectivity index is 1.73. The van der Waals surface area contributed by atoms with Gasteiger partial charge in [0, 0.05) is 26.7 Å². The van der Waals surface area contributed by atoms with E-state index in [1.54, 1.807) is 43.5 Å². The molecule has 1 amide bonds. The van der Waals surface area contributed by atoms with E-state index in [4.69, 9.17) is 32.7 Å². The van der Waals surface area contributed by atoms with Gasteiger partial charge in [0.05, 0.1) is 12.8 Å². The molecule has 0 aromatic heterocycles. The van der Waals surface area contributed by atoms with Crippen molar-refractivity contribution in [3.05, 3.63) is 81.8 Å². The quantitative estimate of drug-likeness (QED) is 0.513. The zero-order chi connectivity index (χ0) is 19.7. The molecule has 1 aliphatic rings. The smallest absolute Gasteiger partial charge is 0.256 e. The average Bonchev–Trinajstić information content (AvgIpc) is 2.99. The summed E-state index contributed by atoms with van der Waals surface area (Å²) in [7, 11) is 1.61. The molecule has 1 aliphatic heterocycles. The van der Waals surface area contributed by atoms with Crippen LogP contribution < -0.4 is 14.8 Å². The lowest BCUT2D eigenvalue weighted by atomic mass is 10.0. The number of amides is 1. The Morgan fingerprint density at radius 1 is 0.893 bits per heavy atom. The van der Waals surface area contributed by atoms with Crippen LogP contribution in [0.25, 0.3) is 11.6 Å². The Hall–Kier alpha value is -2.95. The molecule has 4 nitrogen and oxygen atoms in total. The summed E-state index contributed by atoms with van der Waals surface area (Å²) in [6.07, 6.45) is 1.76. The molecule has 0 fully saturated rings. The highest BCUT2D eigenvalue weighted by Gasteiger charge is 2.24. The molecule has 28 heavy (non-hydrogen) atoms. The first-order valence-electron chi connectivity index (χ1n) is 8.48. The number of ether oxygens (including phenoxy) is 2. The number of rotatable bonds is 4. The molecule has 0 saturated carbocycles. The Bertz CT molecular complexity index is 1090. The van der Waals surface area contributed by atoms with E-state index in [2.05, 4.69) is 5.32 Å². The predicted octanol–water partition coefficient (Wildman–Crippen LogP) is 6.29. The van der Waals surface area contributed by atoms with E-state index in [0.717, 1.165) is 11.3 Å². The molecule has 140 valence electrons. The van der Waals surface area contributed by atoms with E-state index in [0.29, 0.717) is 38.4 Å². The van der Waals surface area contributed by atoms with Gasteiger partial charge in [0.15, 0.2) is 0 Å². The molecule has 0 radical (unpaired) electrons. The number of carbonyl (C=O) groups excluding carboxylic acids is 1. The minimum atomic E-state index is -0.201. The fraction of sp³-hybridized carbons (Fsp3) is 0.0455. The van der Waals surface area contributed by atoms with Crippen molar-refractivity contribution in [2.24, 2.45) is 0 Å². The molecule has 6 heteroatoms. The summed E-state index contributed by atoms with van der Waals surface area (Å²) >= 11 is 12.2. The van der Waals surface area contributed by atoms with Gasteiger partial charge in [0.2, 0.25) is 0 Å². The van der Waals surface area contributed by atoms with Crippen LogP contribution in [0.4, 0.5) is 5.69 Å². The molecule has 3 aromatic carbocycles. The van der Waals surface area contributed by atoms with E-state index in [-0.39, 0.29) is 5.91 Å². The number of nitrogens with one attached hydrogen (secondary N) is 1. The summed E-state index contributed by atoms with van der Waals surface area (Å²) in [5.74, 6) is 1.76. The summed E-state index contributed by atoms with van der Waals surface area (Å²) in [6.45, 7) is 0. The molecule has 0 unspecified atom stereocenters. The highest BCUT2D eigenvalue weighted by atomic mass is 35.5. The van der Waals surface area contributed by atoms with Crippen LogP contribution in [0.15, 0.2) is 60.7 Å². The maximum Gasteiger partial charge on any atom is 0.256 e. The summed E-state index contributed by atoms with van der Waals surface area (Å²) in [5.41, 5.74) is 2.68. The number of benzene rings is 3. The van der Waals surface area contributed by atoms with Gasteiger partial charge in [-0.1, -0.05) is 29.3 Å². The molecule has 1 N–H and O–H groups in total. The first kappa shape index (κ1) is 18.4. The molecular weight excluding hydrogens is 397 g/mol. The van der Waals surface area contributed by atoms with Crippen molar-refractivity contribution in [2.75, 3.05) is 12.4 Å². The highest BCUT2D eigenvalue weighted by molar-refractivity contribution is 6.37. The summed E-state index contributed by atoms with van der Waals surface area (Å²) in [6, 6.07) is 17.8. The minimum Gasteiger partial charge on any atom is -0.497 e. The van der Waals surface area contributed by atoms with Crippen molar-refractivity contribution in [3.63, 3.8) is 0 Å². The van der Waals surface area contributed by atoms with Gasteiger partial charge in [0.1, 0.15) is 17.2 Å². The van der Waals surface area contributed by atoms with Gasteiger partial charge in [-0.3, -0.25) is 4.79 Å². The third-order valence-electron chi connectivity index (χ3n) is 4.32. The average molecular weight is 412 g/mol. The van der Waals surface area contributed by atoms with E-state index in [1.807, 2.05) is 30.3 Å². The fourth-order valence-corrected chi connectivity index (χ4v) is 3.31. The number of anilines is 1. The molecule has 4 rings (SSSR count). The minimum absolute atomic E-state index is 0.201. The van der Waals surface area contributed by atoms with Crippen molar-refractivity contribution >= 4 is 46.4 Å². The van der Waals surface area contributed by atoms with Crippen molar-refractivity contribution < 1.29 is 14.3 Å². The van der Waals surface area contributed by atoms with Gasteiger partial charge in [-0.05, 0) is 60.7 Å². The molecule has 3 aromatic rings. The molecule has 1 heterocycles. The maximum absolute atomic E-state index is 12.5. The number of carbonyl (C=O) groups is 1. The second-order valence-electron chi connectivity index (χ2n) is 6.16. The lowest BCUT2D eigenvalue weighted by Crippen LogP contribution is -2.03. The van der Waals surface area contributed by atoms with Crippen LogP contribution >= 0.6 is 23.2 Å². The number of hydrogen-bond donors (Lipinski definition) is 1. The maximum atomic E-state index is 12.5. The standard InChI is InChI=1S/C22H15Cl2NO3/c1-27-16-4-6-17(7-5-16)28-21-9-3-14(23)10-13(21)11-19-18-8-2-15(24)12-20(18)25-22(19)26/h2-12H,1H3,(H,25,26). The molecule has 0 aliphatic carbocycles. The molecule has 0 spiro atoms. The predicted molar refractivity (Wildman–Crippen MR) is 112 cm³/mol. The van der Waals surface area contributed by atoms with Gasteiger partial charge in [-0.15, -0.1) is 0 Å². The summed E-state index contributed by atoms with van der Waals surface area (Å²) in [4.78, 5) is 12.5. The Kier molecular flexibility index (Phi) is 4.99. The molecular formula is C22H15Cl2NO3. The lowest BCUT2D eigenvalue weighted by Gasteiger charge is -2.10. The Morgan fingerprint density at radius 3 is 2.32 bits per heavy atom. The zero-order valence-electron chi connectivity index (χ0n) is 14.8. The molecule has 0 atom stereocenters. The van der Waals surface area contributed by atoms with Gasteiger partial charge in [0.25, 0.3) is 5.91 Å². The number of halogens is 2. The van der Waals surface area contributed by atoms with Crippen molar-refractivity contribution in [1.82, 2.24) is 0 Å². The topological polar surface area (TPSA) is 47.6 Å². The van der Waals surface area contributed by atoms with Crippen LogP contribution in [-0.4, -0.2) is 13.0 Å². The molecule has 0 bridgehead atoms. The largest absolute Gasteiger partial charge is 0.497 e. The Morgan fingerprint density at radius 2 is 1.57 bits per heavy atom. The zero-order valence-corrected chi connectivity index (χ0v) is 16.3.